The number of aromatic nitrogens is 2. The highest BCUT2D eigenvalue weighted by atomic mass is 32.1. The first-order valence-corrected chi connectivity index (χ1v) is 9.37. The normalized spacial score (nSPS) is 11.3. The fourth-order valence-electron chi connectivity index (χ4n) is 2.58. The van der Waals surface area contributed by atoms with Gasteiger partial charge in [-0.1, -0.05) is 11.3 Å². The zero-order valence-corrected chi connectivity index (χ0v) is 15.9. The first-order chi connectivity index (χ1) is 14.0. The van der Waals surface area contributed by atoms with Crippen LogP contribution in [-0.2, 0) is 0 Å². The molecule has 0 saturated heterocycles. The first kappa shape index (κ1) is 18.6. The summed E-state index contributed by atoms with van der Waals surface area (Å²) >= 11 is 1.38. The monoisotopic (exact) mass is 410 g/mol. The highest BCUT2D eigenvalue weighted by Crippen LogP contribution is 2.32. The number of aromatic hydroxyl groups is 1. The van der Waals surface area contributed by atoms with E-state index in [9.17, 15) is 15.2 Å². The predicted molar refractivity (Wildman–Crippen MR) is 108 cm³/mol. The van der Waals surface area contributed by atoms with Crippen LogP contribution >= 0.6 is 11.3 Å². The molecule has 0 amide bonds. The number of nitro benzene ring substituents is 1. The zero-order valence-electron chi connectivity index (χ0n) is 15.1. The van der Waals surface area contributed by atoms with Crippen molar-refractivity contribution in [1.82, 2.24) is 9.97 Å². The minimum absolute atomic E-state index is 0.0466. The molecular formula is C19H14N4O5S. The summed E-state index contributed by atoms with van der Waals surface area (Å²) in [5.41, 5.74) is 1.37. The van der Waals surface area contributed by atoms with Crippen molar-refractivity contribution in [2.75, 3.05) is 6.61 Å². The molecule has 2 aromatic heterocycles. The molecule has 0 aliphatic carbocycles. The van der Waals surface area contributed by atoms with Crippen molar-refractivity contribution in [2.45, 2.75) is 6.92 Å². The molecule has 1 N–H and O–H groups in total. The van der Waals surface area contributed by atoms with Crippen LogP contribution < -0.4 is 4.74 Å². The van der Waals surface area contributed by atoms with Gasteiger partial charge >= 0.3 is 5.95 Å². The van der Waals surface area contributed by atoms with E-state index in [1.54, 1.807) is 0 Å². The third-order valence-electron chi connectivity index (χ3n) is 3.92. The Morgan fingerprint density at radius 1 is 1.28 bits per heavy atom. The Morgan fingerprint density at radius 2 is 2.07 bits per heavy atom. The van der Waals surface area contributed by atoms with Crippen molar-refractivity contribution in [2.24, 2.45) is 4.99 Å². The van der Waals surface area contributed by atoms with E-state index in [0.717, 1.165) is 16.0 Å². The number of benzene rings is 2. The largest absolute Gasteiger partial charge is 0.494 e. The summed E-state index contributed by atoms with van der Waals surface area (Å²) in [7, 11) is 0. The smallest absolute Gasteiger partial charge is 0.312 e. The van der Waals surface area contributed by atoms with Crippen molar-refractivity contribution in [3.8, 4) is 23.1 Å². The Bertz CT molecular complexity index is 1210. The van der Waals surface area contributed by atoms with Crippen molar-refractivity contribution < 1.29 is 19.2 Å². The van der Waals surface area contributed by atoms with Crippen LogP contribution in [-0.4, -0.2) is 32.8 Å². The number of aliphatic imine (C=N–C) groups is 1. The molecule has 0 radical (unpaired) electrons. The first-order valence-electron chi connectivity index (χ1n) is 8.55. The van der Waals surface area contributed by atoms with E-state index >= 15 is 0 Å². The number of non-ortho nitro benzene ring substituents is 1. The van der Waals surface area contributed by atoms with Crippen LogP contribution in [0.1, 0.15) is 12.6 Å². The fraction of sp³-hybridized carbons (Fsp3) is 0.105. The molecule has 0 bridgehead atoms. The van der Waals surface area contributed by atoms with E-state index in [0.29, 0.717) is 17.3 Å². The minimum atomic E-state index is -0.496. The average molecular weight is 410 g/mol. The molecule has 10 heteroatoms. The molecule has 0 unspecified atom stereocenters. The summed E-state index contributed by atoms with van der Waals surface area (Å²) in [6.07, 6.45) is 1.36. The van der Waals surface area contributed by atoms with E-state index in [1.165, 1.54) is 41.8 Å². The molecule has 0 atom stereocenters. The van der Waals surface area contributed by atoms with E-state index in [4.69, 9.17) is 9.15 Å². The van der Waals surface area contributed by atoms with Crippen molar-refractivity contribution in [3.63, 3.8) is 0 Å². The SMILES string of the molecule is CCOc1ccc2nc(/N=C/c3nc(-c4ccc([N+](=O)[O-])cc4)oc3O)sc2c1. The topological polar surface area (TPSA) is 124 Å². The van der Waals surface area contributed by atoms with E-state index in [2.05, 4.69) is 15.0 Å². The van der Waals surface area contributed by atoms with Gasteiger partial charge in [-0.2, -0.15) is 0 Å². The molecule has 4 aromatic rings. The van der Waals surface area contributed by atoms with Gasteiger partial charge in [0, 0.05) is 17.7 Å². The van der Waals surface area contributed by atoms with Crippen LogP contribution in [0.4, 0.5) is 10.8 Å². The third kappa shape index (κ3) is 3.92. The Balaban J connectivity index is 1.57. The van der Waals surface area contributed by atoms with E-state index in [1.807, 2.05) is 25.1 Å². The number of nitro groups is 1. The van der Waals surface area contributed by atoms with Crippen LogP contribution in [0.2, 0.25) is 0 Å². The maximum atomic E-state index is 10.7. The van der Waals surface area contributed by atoms with Gasteiger partial charge in [-0.3, -0.25) is 10.1 Å². The minimum Gasteiger partial charge on any atom is -0.494 e. The number of oxazole rings is 1. The van der Waals surface area contributed by atoms with E-state index < -0.39 is 10.9 Å². The Hall–Kier alpha value is -3.79. The van der Waals surface area contributed by atoms with Crippen molar-refractivity contribution >= 4 is 38.6 Å². The summed E-state index contributed by atoms with van der Waals surface area (Å²) in [4.78, 5) is 23.1. The van der Waals surface area contributed by atoms with Crippen molar-refractivity contribution in [1.29, 1.82) is 0 Å². The molecule has 9 nitrogen and oxygen atoms in total. The molecule has 0 fully saturated rings. The molecule has 4 rings (SSSR count). The number of rotatable bonds is 6. The molecule has 2 heterocycles. The second-order valence-corrected chi connectivity index (χ2v) is 6.84. The van der Waals surface area contributed by atoms with Crippen LogP contribution in [0.5, 0.6) is 11.7 Å². The standard InChI is InChI=1S/C19H14N4O5S/c1-2-27-13-7-8-14-16(9-13)29-19(22-14)20-10-15-18(24)28-17(21-15)11-3-5-12(6-4-11)23(25)26/h3-10,24H,2H2,1H3/b20-10+. The predicted octanol–water partition coefficient (Wildman–Crippen LogP) is 4.71. The number of nitrogens with zero attached hydrogens (tertiary/aromatic N) is 4. The number of thiazole rings is 1. The molecule has 0 aliphatic heterocycles. The second kappa shape index (κ2) is 7.68. The quantitative estimate of drug-likeness (QED) is 0.277. The number of hydrogen-bond acceptors (Lipinski definition) is 9. The van der Waals surface area contributed by atoms with Crippen LogP contribution in [0.25, 0.3) is 21.7 Å². The molecule has 0 spiro atoms. The Kier molecular flexibility index (Phi) is 4.92. The third-order valence-corrected chi connectivity index (χ3v) is 4.84. The highest BCUT2D eigenvalue weighted by molar-refractivity contribution is 7.22. The molecule has 146 valence electrons. The summed E-state index contributed by atoms with van der Waals surface area (Å²) in [6, 6.07) is 11.3. The molecular weight excluding hydrogens is 396 g/mol. The van der Waals surface area contributed by atoms with Gasteiger partial charge in [-0.15, -0.1) is 0 Å². The molecule has 29 heavy (non-hydrogen) atoms. The van der Waals surface area contributed by atoms with Crippen LogP contribution in [0.3, 0.4) is 0 Å². The maximum Gasteiger partial charge on any atom is 0.312 e. The second-order valence-electron chi connectivity index (χ2n) is 5.83. The lowest BCUT2D eigenvalue weighted by molar-refractivity contribution is -0.384. The number of ether oxygens (including phenoxy) is 1. The highest BCUT2D eigenvalue weighted by Gasteiger charge is 2.14. The number of hydrogen-bond donors (Lipinski definition) is 1. The lowest BCUT2D eigenvalue weighted by atomic mass is 10.2. The lowest BCUT2D eigenvalue weighted by Crippen LogP contribution is -1.89. The summed E-state index contributed by atoms with van der Waals surface area (Å²) in [5, 5.41) is 21.2. The summed E-state index contributed by atoms with van der Waals surface area (Å²) < 4.78 is 11.7. The van der Waals surface area contributed by atoms with Gasteiger partial charge in [0.2, 0.25) is 11.0 Å². The van der Waals surface area contributed by atoms with Gasteiger partial charge in [0.05, 0.1) is 28.0 Å². The summed E-state index contributed by atoms with van der Waals surface area (Å²) in [6.45, 7) is 2.50. The van der Waals surface area contributed by atoms with Crippen LogP contribution in [0.15, 0.2) is 51.9 Å². The Morgan fingerprint density at radius 3 is 2.79 bits per heavy atom. The zero-order chi connectivity index (χ0) is 20.4. The maximum absolute atomic E-state index is 10.7. The van der Waals surface area contributed by atoms with Crippen molar-refractivity contribution in [3.05, 3.63) is 58.3 Å². The average Bonchev–Trinajstić information content (AvgIpc) is 3.29. The molecule has 0 saturated carbocycles. The number of fused-ring (bicyclic) bond motifs is 1. The van der Waals surface area contributed by atoms with Gasteiger partial charge in [0.25, 0.3) is 5.69 Å². The van der Waals surface area contributed by atoms with Gasteiger partial charge in [0.15, 0.2) is 5.69 Å². The van der Waals surface area contributed by atoms with Crippen LogP contribution in [0, 0.1) is 10.1 Å². The molecule has 2 aromatic carbocycles. The van der Waals surface area contributed by atoms with Gasteiger partial charge in [-0.05, 0) is 37.3 Å². The fourth-order valence-corrected chi connectivity index (χ4v) is 3.42. The Labute approximate surface area is 168 Å². The van der Waals surface area contributed by atoms with Gasteiger partial charge in [0.1, 0.15) is 5.75 Å². The lowest BCUT2D eigenvalue weighted by Gasteiger charge is -2.00. The van der Waals surface area contributed by atoms with Gasteiger partial charge in [-0.25, -0.2) is 15.0 Å². The summed E-state index contributed by atoms with van der Waals surface area (Å²) in [5.74, 6) is 0.493. The van der Waals surface area contributed by atoms with Gasteiger partial charge < -0.3 is 14.3 Å². The van der Waals surface area contributed by atoms with E-state index in [-0.39, 0.29) is 17.3 Å². The molecule has 0 aliphatic rings.